The smallest absolute Gasteiger partial charge is 0.307 e. The number of nitrogens with one attached hydrogen (secondary N) is 2. The van der Waals surface area contributed by atoms with Gasteiger partial charge < -0.3 is 15.7 Å². The second-order valence-corrected chi connectivity index (χ2v) is 8.85. The summed E-state index contributed by atoms with van der Waals surface area (Å²) in [5, 5.41) is 15.6. The van der Waals surface area contributed by atoms with E-state index in [4.69, 9.17) is 0 Å². The Labute approximate surface area is 182 Å². The predicted octanol–water partition coefficient (Wildman–Crippen LogP) is 4.01. The first-order chi connectivity index (χ1) is 14.8. The Morgan fingerprint density at radius 2 is 1.71 bits per heavy atom. The zero-order valence-corrected chi connectivity index (χ0v) is 17.9. The van der Waals surface area contributed by atoms with E-state index in [2.05, 4.69) is 36.6 Å². The van der Waals surface area contributed by atoms with Gasteiger partial charge in [0, 0.05) is 5.56 Å². The number of hydrogen-bond donors (Lipinski definition) is 3. The van der Waals surface area contributed by atoms with Crippen LogP contribution in [0.5, 0.6) is 0 Å². The normalized spacial score (nSPS) is 20.9. The number of para-hydroxylation sites is 1. The van der Waals surface area contributed by atoms with Crippen LogP contribution in [0.15, 0.2) is 42.5 Å². The van der Waals surface area contributed by atoms with Gasteiger partial charge in [0.1, 0.15) is 0 Å². The van der Waals surface area contributed by atoms with Crippen LogP contribution in [0, 0.1) is 11.8 Å². The van der Waals surface area contributed by atoms with Crippen molar-refractivity contribution in [2.75, 3.05) is 5.32 Å². The van der Waals surface area contributed by atoms with Gasteiger partial charge in [-0.15, -0.1) is 0 Å². The summed E-state index contributed by atoms with van der Waals surface area (Å²) < 4.78 is 0. The highest BCUT2D eigenvalue weighted by Gasteiger charge is 2.39. The first kappa shape index (κ1) is 21.1. The third-order valence-electron chi connectivity index (χ3n) is 6.50. The van der Waals surface area contributed by atoms with Crippen molar-refractivity contribution in [2.24, 2.45) is 11.8 Å². The van der Waals surface area contributed by atoms with E-state index in [1.54, 1.807) is 0 Å². The minimum absolute atomic E-state index is 0.0654. The highest BCUT2D eigenvalue weighted by atomic mass is 16.4. The highest BCUT2D eigenvalue weighted by Crippen LogP contribution is 2.37. The lowest BCUT2D eigenvalue weighted by Crippen LogP contribution is -2.38. The van der Waals surface area contributed by atoms with Gasteiger partial charge in [-0.3, -0.25) is 14.4 Å². The molecule has 0 saturated heterocycles. The number of aliphatic carboxylic acids is 1. The van der Waals surface area contributed by atoms with Gasteiger partial charge in [0.25, 0.3) is 0 Å². The summed E-state index contributed by atoms with van der Waals surface area (Å²) >= 11 is 0. The molecule has 0 aromatic heterocycles. The van der Waals surface area contributed by atoms with Gasteiger partial charge in [0.15, 0.2) is 0 Å². The van der Waals surface area contributed by atoms with Gasteiger partial charge in [0.2, 0.25) is 11.8 Å². The molecule has 1 aliphatic heterocycles. The van der Waals surface area contributed by atoms with Crippen LogP contribution in [0.3, 0.4) is 0 Å². The van der Waals surface area contributed by atoms with Crippen molar-refractivity contribution in [1.29, 1.82) is 0 Å². The molecule has 4 rings (SSSR count). The number of carbonyl (C=O) groups is 3. The number of amides is 2. The molecule has 1 fully saturated rings. The minimum atomic E-state index is -0.914. The molecule has 0 spiro atoms. The fourth-order valence-corrected chi connectivity index (χ4v) is 4.75. The van der Waals surface area contributed by atoms with Crippen molar-refractivity contribution < 1.29 is 19.5 Å². The second-order valence-electron chi connectivity index (χ2n) is 8.85. The molecule has 3 N–H and O–H groups in total. The van der Waals surface area contributed by atoms with Crippen LogP contribution in [0.1, 0.15) is 67.3 Å². The van der Waals surface area contributed by atoms with E-state index in [1.807, 2.05) is 30.3 Å². The molecule has 1 saturated carbocycles. The van der Waals surface area contributed by atoms with Crippen LogP contribution in [-0.4, -0.2) is 22.9 Å². The van der Waals surface area contributed by atoms with Gasteiger partial charge in [-0.25, -0.2) is 0 Å². The third kappa shape index (κ3) is 4.20. The molecule has 2 aromatic carbocycles. The molecule has 3 atom stereocenters. The fraction of sp³-hybridized carbons (Fsp3) is 0.400. The first-order valence-electron chi connectivity index (χ1n) is 10.9. The monoisotopic (exact) mass is 420 g/mol. The molecule has 0 radical (unpaired) electrons. The molecule has 6 nitrogen and oxygen atoms in total. The quantitative estimate of drug-likeness (QED) is 0.658. The van der Waals surface area contributed by atoms with Crippen molar-refractivity contribution in [1.82, 2.24) is 5.32 Å². The van der Waals surface area contributed by atoms with Gasteiger partial charge >= 0.3 is 5.97 Å². The molecule has 1 heterocycles. The Morgan fingerprint density at radius 1 is 1.03 bits per heavy atom. The maximum atomic E-state index is 13.2. The number of carbonyl (C=O) groups excluding carboxylic acids is 2. The number of hydrogen-bond acceptors (Lipinski definition) is 3. The lowest BCUT2D eigenvalue weighted by Gasteiger charge is -2.25. The fourth-order valence-electron chi connectivity index (χ4n) is 4.75. The van der Waals surface area contributed by atoms with E-state index in [1.165, 1.54) is 5.56 Å². The molecule has 31 heavy (non-hydrogen) atoms. The molecule has 2 aromatic rings. The van der Waals surface area contributed by atoms with Crippen LogP contribution in [0.4, 0.5) is 5.69 Å². The van der Waals surface area contributed by atoms with Crippen molar-refractivity contribution in [3.63, 3.8) is 0 Å². The molecule has 6 heteroatoms. The number of carboxylic acids is 1. The van der Waals surface area contributed by atoms with Gasteiger partial charge in [-0.2, -0.15) is 0 Å². The summed E-state index contributed by atoms with van der Waals surface area (Å²) in [7, 11) is 0. The molecule has 0 bridgehead atoms. The van der Waals surface area contributed by atoms with E-state index in [-0.39, 0.29) is 11.8 Å². The number of anilines is 1. The summed E-state index contributed by atoms with van der Waals surface area (Å²) in [6, 6.07) is 13.3. The summed E-state index contributed by atoms with van der Waals surface area (Å²) in [4.78, 5) is 36.8. The summed E-state index contributed by atoms with van der Waals surface area (Å²) in [6.07, 6.45) is 2.16. The van der Waals surface area contributed by atoms with Gasteiger partial charge in [-0.1, -0.05) is 62.7 Å². The lowest BCUT2D eigenvalue weighted by molar-refractivity contribution is -0.146. The van der Waals surface area contributed by atoms with Crippen LogP contribution in [-0.2, 0) is 20.8 Å². The van der Waals surface area contributed by atoms with Crippen LogP contribution >= 0.6 is 0 Å². The number of rotatable bonds is 6. The second kappa shape index (κ2) is 8.53. The van der Waals surface area contributed by atoms with Crippen LogP contribution < -0.4 is 10.6 Å². The topological polar surface area (TPSA) is 95.5 Å². The van der Waals surface area contributed by atoms with E-state index < -0.39 is 23.8 Å². The predicted molar refractivity (Wildman–Crippen MR) is 118 cm³/mol. The Balaban J connectivity index is 1.70. The van der Waals surface area contributed by atoms with Crippen molar-refractivity contribution >= 4 is 23.5 Å². The van der Waals surface area contributed by atoms with Crippen molar-refractivity contribution in [3.8, 4) is 0 Å². The molecule has 162 valence electrons. The summed E-state index contributed by atoms with van der Waals surface area (Å²) in [5.74, 6) is -2.03. The number of carboxylic acid groups (broad SMARTS) is 1. The summed E-state index contributed by atoms with van der Waals surface area (Å²) in [6.45, 7) is 4.25. The van der Waals surface area contributed by atoms with E-state index >= 15 is 0 Å². The third-order valence-corrected chi connectivity index (χ3v) is 6.50. The average Bonchev–Trinajstić information content (AvgIpc) is 3.38. The average molecular weight is 421 g/mol. The maximum Gasteiger partial charge on any atom is 0.307 e. The van der Waals surface area contributed by atoms with Crippen molar-refractivity contribution in [2.45, 2.75) is 51.5 Å². The lowest BCUT2D eigenvalue weighted by atomic mass is 9.91. The highest BCUT2D eigenvalue weighted by molar-refractivity contribution is 6.00. The molecular formula is C25H28N2O4. The zero-order chi connectivity index (χ0) is 22.1. The van der Waals surface area contributed by atoms with E-state index in [0.717, 1.165) is 28.8 Å². The molecule has 3 unspecified atom stereocenters. The Hall–Kier alpha value is -3.15. The Morgan fingerprint density at radius 3 is 2.39 bits per heavy atom. The Kier molecular flexibility index (Phi) is 5.81. The van der Waals surface area contributed by atoms with E-state index in [0.29, 0.717) is 25.2 Å². The zero-order valence-electron chi connectivity index (χ0n) is 17.9. The largest absolute Gasteiger partial charge is 0.481 e. The number of benzene rings is 2. The van der Waals surface area contributed by atoms with Gasteiger partial charge in [-0.05, 0) is 35.4 Å². The minimum Gasteiger partial charge on any atom is -0.481 e. The molecule has 2 aliphatic rings. The van der Waals surface area contributed by atoms with Gasteiger partial charge in [0.05, 0.1) is 30.0 Å². The number of fused-ring (bicyclic) bond motifs is 1. The van der Waals surface area contributed by atoms with Crippen molar-refractivity contribution in [3.05, 3.63) is 64.7 Å². The maximum absolute atomic E-state index is 13.2. The van der Waals surface area contributed by atoms with E-state index in [9.17, 15) is 19.5 Å². The molecule has 1 aliphatic carbocycles. The summed E-state index contributed by atoms with van der Waals surface area (Å²) in [5.41, 5.74) is 4.56. The molecular weight excluding hydrogens is 392 g/mol. The van der Waals surface area contributed by atoms with Crippen LogP contribution in [0.2, 0.25) is 0 Å². The standard InChI is InChI=1S/C25H28N2O4/c1-14(2)15-9-11-16(12-10-15)22(20-8-3-5-17-13-21(28)26-23(17)20)27-24(29)18-6-4-7-19(18)25(30)31/h3,5,8-12,14,18-19,22H,4,6-7,13H2,1-2H3,(H,26,28)(H,27,29)(H,30,31). The SMILES string of the molecule is CC(C)c1ccc(C(NC(=O)C2CCCC2C(=O)O)c2cccc3c2NC(=O)C3)cc1. The van der Waals surface area contributed by atoms with Crippen LogP contribution in [0.25, 0.3) is 0 Å². The Bertz CT molecular complexity index is 1010. The first-order valence-corrected chi connectivity index (χ1v) is 10.9. The molecule has 2 amide bonds.